The van der Waals surface area contributed by atoms with Gasteiger partial charge in [-0.1, -0.05) is 6.07 Å². The SMILES string of the molecule is COc1ccc(CNCc2cc(Br)c(Br)s2)c(OC)c1. The fourth-order valence-electron chi connectivity index (χ4n) is 1.80. The summed E-state index contributed by atoms with van der Waals surface area (Å²) in [7, 11) is 3.32. The average molecular weight is 421 g/mol. The lowest BCUT2D eigenvalue weighted by molar-refractivity contribution is 0.390. The second kappa shape index (κ2) is 7.45. The highest BCUT2D eigenvalue weighted by molar-refractivity contribution is 9.13. The largest absolute Gasteiger partial charge is 0.497 e. The van der Waals surface area contributed by atoms with Gasteiger partial charge in [-0.3, -0.25) is 0 Å². The predicted molar refractivity (Wildman–Crippen MR) is 89.8 cm³/mol. The third-order valence-corrected chi connectivity index (χ3v) is 6.06. The zero-order valence-corrected chi connectivity index (χ0v) is 15.2. The van der Waals surface area contributed by atoms with E-state index in [1.165, 1.54) is 4.88 Å². The van der Waals surface area contributed by atoms with Crippen molar-refractivity contribution in [2.45, 2.75) is 13.1 Å². The van der Waals surface area contributed by atoms with E-state index in [0.29, 0.717) is 0 Å². The highest BCUT2D eigenvalue weighted by atomic mass is 79.9. The third-order valence-electron chi connectivity index (χ3n) is 2.81. The highest BCUT2D eigenvalue weighted by Crippen LogP contribution is 2.32. The third kappa shape index (κ3) is 3.97. The van der Waals surface area contributed by atoms with Gasteiger partial charge in [-0.15, -0.1) is 11.3 Å². The fourth-order valence-corrected chi connectivity index (χ4v) is 3.94. The molecule has 0 radical (unpaired) electrons. The van der Waals surface area contributed by atoms with Crippen LogP contribution in [-0.2, 0) is 13.1 Å². The van der Waals surface area contributed by atoms with Gasteiger partial charge in [0.2, 0.25) is 0 Å². The van der Waals surface area contributed by atoms with E-state index in [1.54, 1.807) is 25.6 Å². The Hall–Kier alpha value is -0.560. The molecule has 3 nitrogen and oxygen atoms in total. The van der Waals surface area contributed by atoms with E-state index in [4.69, 9.17) is 9.47 Å². The first-order valence-corrected chi connectivity index (χ1v) is 8.39. The Morgan fingerprint density at radius 2 is 1.90 bits per heavy atom. The maximum atomic E-state index is 5.38. The molecule has 0 atom stereocenters. The van der Waals surface area contributed by atoms with E-state index >= 15 is 0 Å². The molecule has 0 aliphatic carbocycles. The first-order chi connectivity index (χ1) is 9.63. The van der Waals surface area contributed by atoms with Crippen LogP contribution >= 0.6 is 43.2 Å². The number of rotatable bonds is 6. The molecule has 0 bridgehead atoms. The topological polar surface area (TPSA) is 30.5 Å². The van der Waals surface area contributed by atoms with Crippen molar-refractivity contribution in [2.24, 2.45) is 0 Å². The van der Waals surface area contributed by atoms with Crippen LogP contribution in [0, 0.1) is 0 Å². The maximum Gasteiger partial charge on any atom is 0.127 e. The molecule has 2 aromatic rings. The van der Waals surface area contributed by atoms with E-state index in [9.17, 15) is 0 Å². The Balaban J connectivity index is 1.96. The zero-order valence-electron chi connectivity index (χ0n) is 11.2. The molecular weight excluding hydrogens is 406 g/mol. The summed E-state index contributed by atoms with van der Waals surface area (Å²) in [6, 6.07) is 7.98. The molecule has 1 heterocycles. The van der Waals surface area contributed by atoms with E-state index in [-0.39, 0.29) is 0 Å². The molecular formula is C14H15Br2NO2S. The minimum absolute atomic E-state index is 0.750. The summed E-state index contributed by atoms with van der Waals surface area (Å²) in [6.45, 7) is 1.57. The molecule has 0 saturated heterocycles. The first kappa shape index (κ1) is 15.8. The van der Waals surface area contributed by atoms with Gasteiger partial charge in [0.25, 0.3) is 0 Å². The van der Waals surface area contributed by atoms with Crippen LogP contribution < -0.4 is 14.8 Å². The van der Waals surface area contributed by atoms with Crippen LogP contribution in [0.3, 0.4) is 0 Å². The monoisotopic (exact) mass is 419 g/mol. The molecule has 0 unspecified atom stereocenters. The van der Waals surface area contributed by atoms with Gasteiger partial charge in [-0.25, -0.2) is 0 Å². The Morgan fingerprint density at radius 1 is 1.10 bits per heavy atom. The summed E-state index contributed by atoms with van der Waals surface area (Å²) in [4.78, 5) is 1.27. The van der Waals surface area contributed by atoms with Crippen molar-refractivity contribution >= 4 is 43.2 Å². The lowest BCUT2D eigenvalue weighted by Crippen LogP contribution is -2.12. The van der Waals surface area contributed by atoms with E-state index in [0.717, 1.165) is 38.4 Å². The number of halogens is 2. The number of thiophene rings is 1. The van der Waals surface area contributed by atoms with Gasteiger partial charge in [-0.05, 0) is 44.0 Å². The van der Waals surface area contributed by atoms with Gasteiger partial charge in [0.1, 0.15) is 11.5 Å². The highest BCUT2D eigenvalue weighted by Gasteiger charge is 2.06. The van der Waals surface area contributed by atoms with Gasteiger partial charge < -0.3 is 14.8 Å². The second-order valence-electron chi connectivity index (χ2n) is 4.12. The Bertz CT molecular complexity index is 567. The molecule has 1 N–H and O–H groups in total. The number of ether oxygens (including phenoxy) is 2. The Kier molecular flexibility index (Phi) is 5.89. The van der Waals surface area contributed by atoms with Crippen LogP contribution in [0.15, 0.2) is 32.5 Å². The second-order valence-corrected chi connectivity index (χ2v) is 7.42. The summed E-state index contributed by atoms with van der Waals surface area (Å²) in [6.07, 6.45) is 0. The predicted octanol–water partition coefficient (Wildman–Crippen LogP) is 4.58. The van der Waals surface area contributed by atoms with Crippen molar-refractivity contribution in [3.05, 3.63) is 43.0 Å². The van der Waals surface area contributed by atoms with Crippen molar-refractivity contribution in [3.63, 3.8) is 0 Å². The standard InChI is InChI=1S/C14H15Br2NO2S/c1-18-10-4-3-9(13(5-10)19-2)7-17-8-11-6-12(15)14(16)20-11/h3-6,17H,7-8H2,1-2H3. The molecule has 2 rings (SSSR count). The minimum atomic E-state index is 0.750. The van der Waals surface area contributed by atoms with Gasteiger partial charge in [0.05, 0.1) is 18.0 Å². The first-order valence-electron chi connectivity index (χ1n) is 5.99. The molecule has 0 aliphatic heterocycles. The van der Waals surface area contributed by atoms with Crippen LogP contribution in [0.4, 0.5) is 0 Å². The molecule has 0 amide bonds. The average Bonchev–Trinajstić information content (AvgIpc) is 2.78. The fraction of sp³-hybridized carbons (Fsp3) is 0.286. The van der Waals surface area contributed by atoms with Gasteiger partial charge in [0, 0.05) is 34.1 Å². The van der Waals surface area contributed by atoms with Crippen molar-refractivity contribution < 1.29 is 9.47 Å². The van der Waals surface area contributed by atoms with Crippen molar-refractivity contribution in [2.75, 3.05) is 14.2 Å². The number of nitrogens with one attached hydrogen (secondary N) is 1. The molecule has 1 aromatic heterocycles. The lowest BCUT2D eigenvalue weighted by Gasteiger charge is -2.10. The van der Waals surface area contributed by atoms with Crippen molar-refractivity contribution in [3.8, 4) is 11.5 Å². The van der Waals surface area contributed by atoms with Gasteiger partial charge in [0.15, 0.2) is 0 Å². The molecule has 6 heteroatoms. The van der Waals surface area contributed by atoms with E-state index < -0.39 is 0 Å². The van der Waals surface area contributed by atoms with Crippen molar-refractivity contribution in [1.29, 1.82) is 0 Å². The van der Waals surface area contributed by atoms with Gasteiger partial charge >= 0.3 is 0 Å². The summed E-state index contributed by atoms with van der Waals surface area (Å²) in [5.41, 5.74) is 1.11. The van der Waals surface area contributed by atoms with E-state index in [2.05, 4.69) is 43.2 Å². The molecule has 20 heavy (non-hydrogen) atoms. The zero-order chi connectivity index (χ0) is 14.5. The van der Waals surface area contributed by atoms with Crippen LogP contribution in [0.5, 0.6) is 11.5 Å². The molecule has 108 valence electrons. The summed E-state index contributed by atoms with van der Waals surface area (Å²) in [5, 5.41) is 3.42. The Morgan fingerprint density at radius 3 is 2.50 bits per heavy atom. The molecule has 0 saturated carbocycles. The van der Waals surface area contributed by atoms with Crippen LogP contribution in [0.1, 0.15) is 10.4 Å². The number of benzene rings is 1. The maximum absolute atomic E-state index is 5.38. The molecule has 0 aliphatic rings. The quantitative estimate of drug-likeness (QED) is 0.741. The van der Waals surface area contributed by atoms with Crippen LogP contribution in [-0.4, -0.2) is 14.2 Å². The minimum Gasteiger partial charge on any atom is -0.497 e. The van der Waals surface area contributed by atoms with Crippen molar-refractivity contribution in [1.82, 2.24) is 5.32 Å². The molecule has 0 spiro atoms. The Labute approximate surface area is 139 Å². The van der Waals surface area contributed by atoms with Crippen LogP contribution in [0.2, 0.25) is 0 Å². The van der Waals surface area contributed by atoms with Crippen LogP contribution in [0.25, 0.3) is 0 Å². The number of hydrogen-bond donors (Lipinski definition) is 1. The van der Waals surface area contributed by atoms with Gasteiger partial charge in [-0.2, -0.15) is 0 Å². The molecule has 0 fully saturated rings. The van der Waals surface area contributed by atoms with E-state index in [1.807, 2.05) is 18.2 Å². The number of hydrogen-bond acceptors (Lipinski definition) is 4. The summed E-state index contributed by atoms with van der Waals surface area (Å²) in [5.74, 6) is 1.64. The lowest BCUT2D eigenvalue weighted by atomic mass is 10.2. The summed E-state index contributed by atoms with van der Waals surface area (Å²) < 4.78 is 12.8. The molecule has 1 aromatic carbocycles. The number of methoxy groups -OCH3 is 2. The summed E-state index contributed by atoms with van der Waals surface area (Å²) >= 11 is 8.72. The normalized spacial score (nSPS) is 10.6. The smallest absolute Gasteiger partial charge is 0.127 e.